The average Bonchev–Trinajstić information content (AvgIpc) is 2.68. The first-order valence-corrected chi connectivity index (χ1v) is 9.61. The zero-order valence-corrected chi connectivity index (χ0v) is 19.1. The minimum Gasteiger partial charge on any atom is -0.338 e. The summed E-state index contributed by atoms with van der Waals surface area (Å²) in [6.07, 6.45) is -3.49. The van der Waals surface area contributed by atoms with Crippen LogP contribution in [0.25, 0.3) is 0 Å². The number of halogens is 6. The Hall–Kier alpha value is -2.32. The van der Waals surface area contributed by atoms with Gasteiger partial charge in [0.15, 0.2) is 0 Å². The van der Waals surface area contributed by atoms with Crippen molar-refractivity contribution < 1.29 is 27.2 Å². The maximum absolute atomic E-state index is 14.1. The second-order valence-electron chi connectivity index (χ2n) is 7.54. The summed E-state index contributed by atoms with van der Waals surface area (Å²) in [6.45, 7) is 3.46. The van der Waals surface area contributed by atoms with Gasteiger partial charge in [0.25, 0.3) is 5.91 Å². The maximum atomic E-state index is 14.1. The molecule has 4 nitrogen and oxygen atoms in total. The van der Waals surface area contributed by atoms with E-state index < -0.39 is 35.3 Å². The van der Waals surface area contributed by atoms with Crippen LogP contribution in [0, 0.1) is 25.6 Å². The van der Waals surface area contributed by atoms with E-state index in [0.717, 1.165) is 6.07 Å². The fourth-order valence-corrected chi connectivity index (χ4v) is 3.69. The Bertz CT molecular complexity index is 963. The fourth-order valence-electron chi connectivity index (χ4n) is 3.69. The van der Waals surface area contributed by atoms with Crippen molar-refractivity contribution in [2.75, 3.05) is 18.4 Å². The van der Waals surface area contributed by atoms with Gasteiger partial charge in [-0.25, -0.2) is 4.39 Å². The summed E-state index contributed by atoms with van der Waals surface area (Å²) in [5.74, 6) is -2.16. The van der Waals surface area contributed by atoms with Gasteiger partial charge in [0.2, 0.25) is 5.91 Å². The summed E-state index contributed by atoms with van der Waals surface area (Å²) in [5.41, 5.74) is -0.213. The Balaban J connectivity index is 0.00000256. The van der Waals surface area contributed by atoms with E-state index in [1.165, 1.54) is 36.1 Å². The van der Waals surface area contributed by atoms with Crippen LogP contribution in [0.4, 0.5) is 23.2 Å². The number of aryl methyl sites for hydroxylation is 2. The van der Waals surface area contributed by atoms with Crippen LogP contribution in [0.3, 0.4) is 0 Å². The van der Waals surface area contributed by atoms with Crippen molar-refractivity contribution in [3.05, 3.63) is 64.5 Å². The zero-order valence-electron chi connectivity index (χ0n) is 17.5. The lowest BCUT2D eigenvalue weighted by Gasteiger charge is -2.32. The minimum atomic E-state index is -4.52. The molecule has 10 heteroatoms. The van der Waals surface area contributed by atoms with Gasteiger partial charge in [-0.2, -0.15) is 13.2 Å². The lowest BCUT2D eigenvalue weighted by atomic mass is 9.95. The first kappa shape index (κ1) is 27.7. The molecule has 176 valence electrons. The van der Waals surface area contributed by atoms with Crippen molar-refractivity contribution >= 4 is 42.3 Å². The summed E-state index contributed by atoms with van der Waals surface area (Å²) in [6, 6.07) is 7.99. The molecular weight excluding hydrogens is 471 g/mol. The van der Waals surface area contributed by atoms with Gasteiger partial charge in [-0.1, -0.05) is 18.2 Å². The van der Waals surface area contributed by atoms with Crippen molar-refractivity contribution in [3.8, 4) is 0 Å². The molecule has 32 heavy (non-hydrogen) atoms. The van der Waals surface area contributed by atoms with E-state index in [0.29, 0.717) is 24.9 Å². The van der Waals surface area contributed by atoms with E-state index in [-0.39, 0.29) is 48.2 Å². The molecule has 1 atom stereocenters. The second kappa shape index (κ2) is 11.0. The van der Waals surface area contributed by atoms with Gasteiger partial charge in [0.05, 0.1) is 17.0 Å². The van der Waals surface area contributed by atoms with Crippen molar-refractivity contribution in [2.45, 2.75) is 32.9 Å². The van der Waals surface area contributed by atoms with Crippen molar-refractivity contribution in [2.24, 2.45) is 5.92 Å². The number of piperidine rings is 1. The van der Waals surface area contributed by atoms with E-state index in [1.54, 1.807) is 13.0 Å². The van der Waals surface area contributed by atoms with Crippen molar-refractivity contribution in [1.82, 2.24) is 4.90 Å². The first-order valence-electron chi connectivity index (χ1n) is 9.61. The van der Waals surface area contributed by atoms with Crippen LogP contribution in [0.5, 0.6) is 0 Å². The third-order valence-corrected chi connectivity index (χ3v) is 5.33. The molecule has 0 aliphatic carbocycles. The highest BCUT2D eigenvalue weighted by Crippen LogP contribution is 2.33. The van der Waals surface area contributed by atoms with Crippen LogP contribution in [0.15, 0.2) is 36.4 Å². The zero-order chi connectivity index (χ0) is 22.1. The molecule has 1 heterocycles. The molecule has 1 unspecified atom stereocenters. The SMILES string of the molecule is Cc1ccc(NC(=O)C2CCCN(C(=O)c3c(C)cccc3F)C2)cc1C(F)(F)F.Cl.Cl. The lowest BCUT2D eigenvalue weighted by molar-refractivity contribution is -0.138. The highest BCUT2D eigenvalue weighted by atomic mass is 35.5. The quantitative estimate of drug-likeness (QED) is 0.548. The van der Waals surface area contributed by atoms with Gasteiger partial charge in [0, 0.05) is 18.8 Å². The molecule has 0 spiro atoms. The molecule has 1 fully saturated rings. The molecule has 0 radical (unpaired) electrons. The topological polar surface area (TPSA) is 49.4 Å². The average molecular weight is 495 g/mol. The Kier molecular flexibility index (Phi) is 9.53. The molecule has 0 saturated carbocycles. The van der Waals surface area contributed by atoms with E-state index in [2.05, 4.69) is 5.32 Å². The van der Waals surface area contributed by atoms with Gasteiger partial charge in [-0.15, -0.1) is 24.8 Å². The molecule has 2 aromatic carbocycles. The van der Waals surface area contributed by atoms with Gasteiger partial charge < -0.3 is 10.2 Å². The van der Waals surface area contributed by atoms with E-state index >= 15 is 0 Å². The van der Waals surface area contributed by atoms with Crippen LogP contribution in [-0.4, -0.2) is 29.8 Å². The number of anilines is 1. The Morgan fingerprint density at radius 2 is 1.75 bits per heavy atom. The molecule has 3 rings (SSSR count). The molecule has 1 aliphatic rings. The number of rotatable bonds is 3. The number of amides is 2. The van der Waals surface area contributed by atoms with Crippen molar-refractivity contribution in [1.29, 1.82) is 0 Å². The highest BCUT2D eigenvalue weighted by Gasteiger charge is 2.34. The van der Waals surface area contributed by atoms with Gasteiger partial charge >= 0.3 is 6.18 Å². The molecule has 0 bridgehead atoms. The molecular formula is C22H24Cl2F4N2O2. The first-order chi connectivity index (χ1) is 14.1. The van der Waals surface area contributed by atoms with Gasteiger partial charge in [0.1, 0.15) is 5.82 Å². The van der Waals surface area contributed by atoms with Crippen LogP contribution in [0.1, 0.15) is 39.9 Å². The number of carbonyl (C=O) groups is 2. The number of alkyl halides is 3. The maximum Gasteiger partial charge on any atom is 0.416 e. The van der Waals surface area contributed by atoms with E-state index in [4.69, 9.17) is 0 Å². The number of benzene rings is 2. The minimum absolute atomic E-state index is 0. The molecule has 1 saturated heterocycles. The number of carbonyl (C=O) groups excluding carboxylic acids is 2. The predicted molar refractivity (Wildman–Crippen MR) is 119 cm³/mol. The second-order valence-corrected chi connectivity index (χ2v) is 7.54. The standard InChI is InChI=1S/C22H22F4N2O2.2ClH/c1-13-8-9-16(11-17(13)22(24,25)26)27-20(29)15-6-4-10-28(12-15)21(30)19-14(2)5-3-7-18(19)23;;/h3,5,7-9,11,15H,4,6,10,12H2,1-2H3,(H,27,29);2*1H. The monoisotopic (exact) mass is 494 g/mol. The largest absolute Gasteiger partial charge is 0.416 e. The van der Waals surface area contributed by atoms with E-state index in [9.17, 15) is 27.2 Å². The Morgan fingerprint density at radius 3 is 2.38 bits per heavy atom. The predicted octanol–water partition coefficient (Wildman–Crippen LogP) is 5.80. The van der Waals surface area contributed by atoms with Crippen LogP contribution >= 0.6 is 24.8 Å². The summed E-state index contributed by atoms with van der Waals surface area (Å²) >= 11 is 0. The summed E-state index contributed by atoms with van der Waals surface area (Å²) < 4.78 is 53.4. The number of hydrogen-bond acceptors (Lipinski definition) is 2. The summed E-state index contributed by atoms with van der Waals surface area (Å²) in [4.78, 5) is 26.9. The Labute approximate surface area is 196 Å². The smallest absolute Gasteiger partial charge is 0.338 e. The molecule has 1 aliphatic heterocycles. The normalized spacial score (nSPS) is 15.9. The third-order valence-electron chi connectivity index (χ3n) is 5.33. The molecule has 1 N–H and O–H groups in total. The van der Waals surface area contributed by atoms with Crippen LogP contribution in [0.2, 0.25) is 0 Å². The Morgan fingerprint density at radius 1 is 1.06 bits per heavy atom. The van der Waals surface area contributed by atoms with Crippen LogP contribution in [-0.2, 0) is 11.0 Å². The molecule has 2 aromatic rings. The number of nitrogens with zero attached hydrogens (tertiary/aromatic N) is 1. The molecule has 0 aromatic heterocycles. The summed E-state index contributed by atoms with van der Waals surface area (Å²) in [5, 5.41) is 2.52. The van der Waals surface area contributed by atoms with Gasteiger partial charge in [-0.3, -0.25) is 9.59 Å². The lowest BCUT2D eigenvalue weighted by Crippen LogP contribution is -2.44. The molecule has 2 amide bonds. The summed E-state index contributed by atoms with van der Waals surface area (Å²) in [7, 11) is 0. The van der Waals surface area contributed by atoms with Gasteiger partial charge in [-0.05, 0) is 56.0 Å². The number of likely N-dealkylation sites (tertiary alicyclic amines) is 1. The number of hydrogen-bond donors (Lipinski definition) is 1. The third kappa shape index (κ3) is 6.13. The fraction of sp³-hybridized carbons (Fsp3) is 0.364. The van der Waals surface area contributed by atoms with Crippen molar-refractivity contribution in [3.63, 3.8) is 0 Å². The van der Waals surface area contributed by atoms with E-state index in [1.807, 2.05) is 0 Å². The number of nitrogens with one attached hydrogen (secondary N) is 1. The highest BCUT2D eigenvalue weighted by molar-refractivity contribution is 5.97. The van der Waals surface area contributed by atoms with Crippen LogP contribution < -0.4 is 5.32 Å².